The zero-order valence-electron chi connectivity index (χ0n) is 17.5. The van der Waals surface area contributed by atoms with Crippen LogP contribution >= 0.6 is 0 Å². The summed E-state index contributed by atoms with van der Waals surface area (Å²) in [7, 11) is 0. The van der Waals surface area contributed by atoms with Crippen molar-refractivity contribution < 1.29 is 19.0 Å². The molecule has 0 unspecified atom stereocenters. The summed E-state index contributed by atoms with van der Waals surface area (Å²) >= 11 is 0. The average Bonchev–Trinajstić information content (AvgIpc) is 3.26. The largest absolute Gasteiger partial charge is 0.374 e. The third-order valence-electron chi connectivity index (χ3n) is 5.05. The van der Waals surface area contributed by atoms with Crippen molar-refractivity contribution in [2.75, 3.05) is 6.61 Å². The molecular weight excluding hydrogens is 376 g/mol. The van der Waals surface area contributed by atoms with Crippen LogP contribution in [0.3, 0.4) is 0 Å². The Kier molecular flexibility index (Phi) is 9.04. The number of carbonyl (C=O) groups is 1. The van der Waals surface area contributed by atoms with Crippen molar-refractivity contribution >= 4 is 6.29 Å². The van der Waals surface area contributed by atoms with Crippen molar-refractivity contribution in [3.8, 4) is 0 Å². The summed E-state index contributed by atoms with van der Waals surface area (Å²) in [5.74, 6) is 0. The van der Waals surface area contributed by atoms with Gasteiger partial charge in [0.2, 0.25) is 0 Å². The normalized spacial score (nSPS) is 20.5. The highest BCUT2D eigenvalue weighted by Gasteiger charge is 2.31. The summed E-state index contributed by atoms with van der Waals surface area (Å²) in [5, 5.41) is 0. The van der Waals surface area contributed by atoms with Gasteiger partial charge in [0.25, 0.3) is 0 Å². The number of aldehydes is 1. The van der Waals surface area contributed by atoms with Gasteiger partial charge in [0.05, 0.1) is 32.0 Å². The second kappa shape index (κ2) is 12.2. The summed E-state index contributed by atoms with van der Waals surface area (Å²) in [6, 6.07) is 20.3. The second-order valence-electron chi connectivity index (χ2n) is 7.55. The van der Waals surface area contributed by atoms with Gasteiger partial charge in [0, 0.05) is 0 Å². The number of hydrogen-bond acceptors (Lipinski definition) is 4. The zero-order chi connectivity index (χ0) is 21.0. The lowest BCUT2D eigenvalue weighted by Crippen LogP contribution is -2.28. The van der Waals surface area contributed by atoms with E-state index in [1.807, 2.05) is 60.7 Å². The maximum Gasteiger partial charge on any atom is 0.145 e. The van der Waals surface area contributed by atoms with E-state index in [4.69, 9.17) is 14.2 Å². The highest BCUT2D eigenvalue weighted by Crippen LogP contribution is 2.26. The molecule has 0 saturated carbocycles. The number of rotatable bonds is 11. The summed E-state index contributed by atoms with van der Waals surface area (Å²) < 4.78 is 18.3. The Balaban J connectivity index is 1.53. The number of allylic oxidation sites excluding steroid dienone is 3. The lowest BCUT2D eigenvalue weighted by atomic mass is 10.1. The molecule has 1 heterocycles. The fraction of sp³-hybridized carbons (Fsp3) is 0.346. The van der Waals surface area contributed by atoms with Crippen molar-refractivity contribution in [3.63, 3.8) is 0 Å². The molecule has 158 valence electrons. The Hall–Kier alpha value is -2.53. The third kappa shape index (κ3) is 7.38. The van der Waals surface area contributed by atoms with Gasteiger partial charge < -0.3 is 14.2 Å². The first-order chi connectivity index (χ1) is 14.7. The molecule has 0 aliphatic carbocycles. The van der Waals surface area contributed by atoms with Crippen LogP contribution in [0.1, 0.15) is 30.9 Å². The zero-order valence-corrected chi connectivity index (χ0v) is 17.5. The van der Waals surface area contributed by atoms with E-state index >= 15 is 0 Å². The van der Waals surface area contributed by atoms with Crippen LogP contribution in [-0.2, 0) is 32.2 Å². The molecule has 3 rings (SSSR count). The Morgan fingerprint density at radius 2 is 1.70 bits per heavy atom. The predicted octanol–water partition coefficient (Wildman–Crippen LogP) is 5.04. The van der Waals surface area contributed by atoms with Crippen LogP contribution in [0.5, 0.6) is 0 Å². The van der Waals surface area contributed by atoms with Gasteiger partial charge in [-0.05, 0) is 36.5 Å². The van der Waals surface area contributed by atoms with E-state index in [9.17, 15) is 4.79 Å². The monoisotopic (exact) mass is 406 g/mol. The molecule has 30 heavy (non-hydrogen) atoms. The lowest BCUT2D eigenvalue weighted by molar-refractivity contribution is -0.104. The molecule has 2 aromatic carbocycles. The molecular formula is C26H30O4. The van der Waals surface area contributed by atoms with Gasteiger partial charge in [-0.2, -0.15) is 0 Å². The lowest BCUT2D eigenvalue weighted by Gasteiger charge is -2.22. The van der Waals surface area contributed by atoms with E-state index in [-0.39, 0.29) is 18.3 Å². The quantitative estimate of drug-likeness (QED) is 0.298. The Morgan fingerprint density at radius 3 is 2.37 bits per heavy atom. The van der Waals surface area contributed by atoms with Crippen LogP contribution in [0.15, 0.2) is 84.5 Å². The van der Waals surface area contributed by atoms with E-state index < -0.39 is 0 Å². The smallest absolute Gasteiger partial charge is 0.145 e. The van der Waals surface area contributed by atoms with Crippen LogP contribution in [0, 0.1) is 0 Å². The van der Waals surface area contributed by atoms with Gasteiger partial charge >= 0.3 is 0 Å². The SMILES string of the molecule is C/C(C=O)=C\C=C\[C@@H](OCc1ccccc1)[C@H]1CC[C@H](COCc2ccccc2)O1. The van der Waals surface area contributed by atoms with Crippen LogP contribution in [0.25, 0.3) is 0 Å². The number of ether oxygens (including phenoxy) is 3. The molecule has 2 aromatic rings. The van der Waals surface area contributed by atoms with E-state index in [0.29, 0.717) is 25.4 Å². The molecule has 1 fully saturated rings. The number of hydrogen-bond donors (Lipinski definition) is 0. The maximum absolute atomic E-state index is 10.8. The Labute approximate surface area is 179 Å². The van der Waals surface area contributed by atoms with Crippen LogP contribution in [0.2, 0.25) is 0 Å². The number of carbonyl (C=O) groups excluding carboxylic acids is 1. The van der Waals surface area contributed by atoms with Gasteiger partial charge in [-0.1, -0.05) is 78.9 Å². The predicted molar refractivity (Wildman–Crippen MR) is 118 cm³/mol. The van der Waals surface area contributed by atoms with Crippen LogP contribution in [-0.4, -0.2) is 31.2 Å². The van der Waals surface area contributed by atoms with Gasteiger partial charge in [-0.25, -0.2) is 0 Å². The van der Waals surface area contributed by atoms with E-state index in [1.54, 1.807) is 13.0 Å². The van der Waals surface area contributed by atoms with Crippen molar-refractivity contribution in [2.45, 2.75) is 51.3 Å². The fourth-order valence-corrected chi connectivity index (χ4v) is 3.39. The minimum absolute atomic E-state index is 0.0276. The first-order valence-electron chi connectivity index (χ1n) is 10.5. The van der Waals surface area contributed by atoms with Crippen LogP contribution in [0.4, 0.5) is 0 Å². The third-order valence-corrected chi connectivity index (χ3v) is 5.05. The summed E-state index contributed by atoms with van der Waals surface area (Å²) in [6.07, 6.45) is 8.22. The summed E-state index contributed by atoms with van der Waals surface area (Å²) in [5.41, 5.74) is 2.96. The van der Waals surface area contributed by atoms with E-state index in [1.165, 1.54) is 0 Å². The first kappa shape index (κ1) is 22.2. The molecule has 0 radical (unpaired) electrons. The minimum Gasteiger partial charge on any atom is -0.374 e. The number of benzene rings is 2. The molecule has 1 aliphatic heterocycles. The second-order valence-corrected chi connectivity index (χ2v) is 7.55. The summed E-state index contributed by atoms with van der Waals surface area (Å²) in [6.45, 7) is 3.46. The van der Waals surface area contributed by atoms with Crippen molar-refractivity contribution in [1.29, 1.82) is 0 Å². The maximum atomic E-state index is 10.8. The highest BCUT2D eigenvalue weighted by molar-refractivity contribution is 5.72. The molecule has 0 amide bonds. The summed E-state index contributed by atoms with van der Waals surface area (Å²) in [4.78, 5) is 10.8. The standard InChI is InChI=1S/C26H30O4/c1-21(17-27)9-8-14-25(29-19-23-12-6-3-7-13-23)26-16-15-24(30-26)20-28-18-22-10-4-2-5-11-22/h2-14,17,24-26H,15-16,18-20H2,1H3/b14-8+,21-9+/t24-,25-,26-/m1/s1. The van der Waals surface area contributed by atoms with E-state index in [0.717, 1.165) is 30.3 Å². The van der Waals surface area contributed by atoms with Gasteiger partial charge in [0.15, 0.2) is 0 Å². The Bertz CT molecular complexity index is 813. The average molecular weight is 407 g/mol. The van der Waals surface area contributed by atoms with Gasteiger partial charge in [-0.15, -0.1) is 0 Å². The highest BCUT2D eigenvalue weighted by atomic mass is 16.6. The van der Waals surface area contributed by atoms with Gasteiger partial charge in [0.1, 0.15) is 12.4 Å². The van der Waals surface area contributed by atoms with Crippen LogP contribution < -0.4 is 0 Å². The minimum atomic E-state index is -0.181. The molecule has 4 heteroatoms. The molecule has 0 aromatic heterocycles. The van der Waals surface area contributed by atoms with Crippen molar-refractivity contribution in [2.24, 2.45) is 0 Å². The fourth-order valence-electron chi connectivity index (χ4n) is 3.39. The first-order valence-corrected chi connectivity index (χ1v) is 10.5. The van der Waals surface area contributed by atoms with Crippen molar-refractivity contribution in [1.82, 2.24) is 0 Å². The molecule has 4 nitrogen and oxygen atoms in total. The molecule has 0 spiro atoms. The topological polar surface area (TPSA) is 44.8 Å². The molecule has 3 atom stereocenters. The van der Waals surface area contributed by atoms with Gasteiger partial charge in [-0.3, -0.25) is 4.79 Å². The molecule has 1 saturated heterocycles. The Morgan fingerprint density at radius 1 is 1.03 bits per heavy atom. The van der Waals surface area contributed by atoms with Crippen molar-refractivity contribution in [3.05, 3.63) is 95.6 Å². The molecule has 1 aliphatic rings. The molecule has 0 bridgehead atoms. The van der Waals surface area contributed by atoms with E-state index in [2.05, 4.69) is 12.1 Å². The molecule has 0 N–H and O–H groups in total.